The average Bonchev–Trinajstić information content (AvgIpc) is 3.30. The van der Waals surface area contributed by atoms with Gasteiger partial charge in [-0.25, -0.2) is 17.9 Å². The van der Waals surface area contributed by atoms with Gasteiger partial charge in [-0.3, -0.25) is 0 Å². The van der Waals surface area contributed by atoms with Gasteiger partial charge in [0.1, 0.15) is 5.58 Å². The number of benzene rings is 1. The van der Waals surface area contributed by atoms with E-state index in [2.05, 4.69) is 10.3 Å². The van der Waals surface area contributed by atoms with Crippen molar-refractivity contribution in [1.82, 2.24) is 19.3 Å². The topological polar surface area (TPSA) is 119 Å². The van der Waals surface area contributed by atoms with Gasteiger partial charge in [0.05, 0.1) is 17.1 Å². The molecule has 1 fully saturated rings. The highest BCUT2D eigenvalue weighted by atomic mass is 32.2. The predicted molar refractivity (Wildman–Crippen MR) is 95.0 cm³/mol. The van der Waals surface area contributed by atoms with Gasteiger partial charge in [0.2, 0.25) is 15.8 Å². The molecule has 1 unspecified atom stereocenters. The number of fused-ring (bicyclic) bond motifs is 1. The Morgan fingerprint density at radius 1 is 1.37 bits per heavy atom. The third-order valence-electron chi connectivity index (χ3n) is 4.91. The summed E-state index contributed by atoms with van der Waals surface area (Å²) < 4.78 is 34.7. The number of carboxylic acid groups (broad SMARTS) is 1. The molecule has 1 aromatic carbocycles. The van der Waals surface area contributed by atoms with E-state index >= 15 is 0 Å². The standard InChI is InChI=1S/C17H18N4O5S/c1-11-14-9-13(4-5-15(14)26-16(11)17(22)23)27(24,25)20-7-2-3-12(10-20)21-8-6-18-19-21/h4-6,8-9,12H,2-3,7,10H2,1H3,(H,22,23). The number of aryl methyl sites for hydroxylation is 1. The van der Waals surface area contributed by atoms with Crippen LogP contribution in [0, 0.1) is 6.92 Å². The van der Waals surface area contributed by atoms with E-state index in [0.29, 0.717) is 29.6 Å². The second kappa shape index (κ2) is 6.46. The van der Waals surface area contributed by atoms with E-state index in [1.165, 1.54) is 22.5 Å². The molecule has 4 rings (SSSR count). The number of carbonyl (C=O) groups is 1. The fourth-order valence-electron chi connectivity index (χ4n) is 3.48. The van der Waals surface area contributed by atoms with Gasteiger partial charge in [0.25, 0.3) is 0 Å². The number of furan rings is 1. The zero-order chi connectivity index (χ0) is 19.2. The first kappa shape index (κ1) is 17.7. The second-order valence-electron chi connectivity index (χ2n) is 6.56. The van der Waals surface area contributed by atoms with Gasteiger partial charge >= 0.3 is 5.97 Å². The quantitative estimate of drug-likeness (QED) is 0.724. The number of carboxylic acids is 1. The van der Waals surface area contributed by atoms with Crippen LogP contribution < -0.4 is 0 Å². The number of aromatic nitrogens is 3. The Morgan fingerprint density at radius 2 is 2.19 bits per heavy atom. The zero-order valence-corrected chi connectivity index (χ0v) is 15.4. The lowest BCUT2D eigenvalue weighted by Crippen LogP contribution is -2.40. The molecular weight excluding hydrogens is 372 g/mol. The molecule has 0 aliphatic carbocycles. The summed E-state index contributed by atoms with van der Waals surface area (Å²) >= 11 is 0. The Labute approximate surface area is 155 Å². The first-order valence-electron chi connectivity index (χ1n) is 8.50. The molecule has 10 heteroatoms. The van der Waals surface area contributed by atoms with Gasteiger partial charge in [0.15, 0.2) is 0 Å². The SMILES string of the molecule is Cc1c(C(=O)O)oc2ccc(S(=O)(=O)N3CCCC(n4ccnn4)C3)cc12. The maximum Gasteiger partial charge on any atom is 0.372 e. The lowest BCUT2D eigenvalue weighted by Gasteiger charge is -2.31. The molecule has 1 aliphatic heterocycles. The average molecular weight is 390 g/mol. The molecule has 1 N–H and O–H groups in total. The zero-order valence-electron chi connectivity index (χ0n) is 14.6. The van der Waals surface area contributed by atoms with Crippen LogP contribution in [0.5, 0.6) is 0 Å². The Kier molecular flexibility index (Phi) is 4.23. The molecule has 0 saturated carbocycles. The minimum atomic E-state index is -3.72. The largest absolute Gasteiger partial charge is 0.475 e. The summed E-state index contributed by atoms with van der Waals surface area (Å²) in [5, 5.41) is 17.4. The predicted octanol–water partition coefficient (Wildman–Crippen LogP) is 2.06. The van der Waals surface area contributed by atoms with Crippen molar-refractivity contribution in [1.29, 1.82) is 0 Å². The van der Waals surface area contributed by atoms with Crippen LogP contribution >= 0.6 is 0 Å². The monoisotopic (exact) mass is 390 g/mol. The first-order chi connectivity index (χ1) is 12.9. The summed E-state index contributed by atoms with van der Waals surface area (Å²) in [4.78, 5) is 11.4. The number of rotatable bonds is 4. The molecule has 1 saturated heterocycles. The molecule has 0 spiro atoms. The van der Waals surface area contributed by atoms with Crippen LogP contribution in [0.1, 0.15) is 35.0 Å². The molecule has 0 amide bonds. The highest BCUT2D eigenvalue weighted by Crippen LogP contribution is 2.31. The lowest BCUT2D eigenvalue weighted by molar-refractivity contribution is 0.0664. The Morgan fingerprint density at radius 3 is 2.89 bits per heavy atom. The van der Waals surface area contributed by atoms with Gasteiger partial charge in [-0.1, -0.05) is 5.21 Å². The molecule has 2 aromatic heterocycles. The van der Waals surface area contributed by atoms with Crippen LogP contribution in [0.25, 0.3) is 11.0 Å². The smallest absolute Gasteiger partial charge is 0.372 e. The number of nitrogens with zero attached hydrogens (tertiary/aromatic N) is 4. The Hall–Kier alpha value is -2.72. The number of hydrogen-bond donors (Lipinski definition) is 1. The summed E-state index contributed by atoms with van der Waals surface area (Å²) in [6, 6.07) is 4.37. The molecular formula is C17H18N4O5S. The van der Waals surface area contributed by atoms with Gasteiger partial charge in [0, 0.05) is 30.2 Å². The molecule has 1 atom stereocenters. The number of sulfonamides is 1. The molecule has 9 nitrogen and oxygen atoms in total. The fraction of sp³-hybridized carbons (Fsp3) is 0.353. The Balaban J connectivity index is 1.69. The van der Waals surface area contributed by atoms with E-state index in [1.54, 1.807) is 24.0 Å². The van der Waals surface area contributed by atoms with Crippen LogP contribution in [-0.2, 0) is 10.0 Å². The summed E-state index contributed by atoms with van der Waals surface area (Å²) in [6.45, 7) is 2.35. The van der Waals surface area contributed by atoms with Crippen molar-refractivity contribution in [3.8, 4) is 0 Å². The van der Waals surface area contributed by atoms with Crippen LogP contribution in [-0.4, -0.2) is 51.9 Å². The highest BCUT2D eigenvalue weighted by molar-refractivity contribution is 7.89. The van der Waals surface area contributed by atoms with Crippen LogP contribution in [0.15, 0.2) is 39.9 Å². The minimum Gasteiger partial charge on any atom is -0.475 e. The van der Waals surface area contributed by atoms with Crippen LogP contribution in [0.4, 0.5) is 0 Å². The summed E-state index contributed by atoms with van der Waals surface area (Å²) in [5.41, 5.74) is 0.761. The number of piperidine rings is 1. The molecule has 0 radical (unpaired) electrons. The van der Waals surface area contributed by atoms with Crippen LogP contribution in [0.3, 0.4) is 0 Å². The summed E-state index contributed by atoms with van der Waals surface area (Å²) in [7, 11) is -3.72. The lowest BCUT2D eigenvalue weighted by atomic mass is 10.1. The van der Waals surface area contributed by atoms with Crippen LogP contribution in [0.2, 0.25) is 0 Å². The highest BCUT2D eigenvalue weighted by Gasteiger charge is 2.32. The second-order valence-corrected chi connectivity index (χ2v) is 8.50. The van der Waals surface area contributed by atoms with E-state index in [1.807, 2.05) is 0 Å². The first-order valence-corrected chi connectivity index (χ1v) is 9.94. The normalized spacial score (nSPS) is 18.8. The number of hydrogen-bond acceptors (Lipinski definition) is 6. The van der Waals surface area contributed by atoms with Crippen molar-refractivity contribution in [2.24, 2.45) is 0 Å². The summed E-state index contributed by atoms with van der Waals surface area (Å²) in [6.07, 6.45) is 4.86. The molecule has 1 aliphatic rings. The van der Waals surface area contributed by atoms with Crippen molar-refractivity contribution in [2.45, 2.75) is 30.7 Å². The molecule has 27 heavy (non-hydrogen) atoms. The molecule has 3 heterocycles. The van der Waals surface area contributed by atoms with E-state index in [4.69, 9.17) is 4.42 Å². The van der Waals surface area contributed by atoms with E-state index in [0.717, 1.165) is 12.8 Å². The van der Waals surface area contributed by atoms with Gasteiger partial charge in [-0.05, 0) is 38.0 Å². The third kappa shape index (κ3) is 3.00. The Bertz CT molecular complexity index is 1100. The van der Waals surface area contributed by atoms with Crippen molar-refractivity contribution < 1.29 is 22.7 Å². The van der Waals surface area contributed by atoms with Crippen molar-refractivity contribution in [2.75, 3.05) is 13.1 Å². The van der Waals surface area contributed by atoms with E-state index in [-0.39, 0.29) is 16.7 Å². The fourth-order valence-corrected chi connectivity index (χ4v) is 5.02. The third-order valence-corrected chi connectivity index (χ3v) is 6.78. The van der Waals surface area contributed by atoms with E-state index in [9.17, 15) is 18.3 Å². The minimum absolute atomic E-state index is 0.0611. The summed E-state index contributed by atoms with van der Waals surface area (Å²) in [5.74, 6) is -1.36. The van der Waals surface area contributed by atoms with Crippen molar-refractivity contribution in [3.05, 3.63) is 41.9 Å². The molecule has 3 aromatic rings. The maximum atomic E-state index is 13.1. The maximum absolute atomic E-state index is 13.1. The molecule has 142 valence electrons. The van der Waals surface area contributed by atoms with Crippen molar-refractivity contribution in [3.63, 3.8) is 0 Å². The van der Waals surface area contributed by atoms with Crippen molar-refractivity contribution >= 4 is 27.0 Å². The van der Waals surface area contributed by atoms with Gasteiger partial charge in [-0.2, -0.15) is 4.31 Å². The van der Waals surface area contributed by atoms with Gasteiger partial charge in [-0.15, -0.1) is 5.10 Å². The number of aromatic carboxylic acids is 1. The van der Waals surface area contributed by atoms with E-state index < -0.39 is 16.0 Å². The molecule has 0 bridgehead atoms. The van der Waals surface area contributed by atoms with Gasteiger partial charge < -0.3 is 9.52 Å².